The number of H-pyrrole nitrogens is 1. The summed E-state index contributed by atoms with van der Waals surface area (Å²) >= 11 is 0.832. The fourth-order valence-electron chi connectivity index (χ4n) is 1.42. The number of nitrogens with zero attached hydrogens (tertiary/aromatic N) is 2. The molecule has 0 bridgehead atoms. The van der Waals surface area contributed by atoms with Crippen LogP contribution in [0.3, 0.4) is 0 Å². The number of ether oxygens (including phenoxy) is 1. The van der Waals surface area contributed by atoms with E-state index in [0.717, 1.165) is 24.1 Å². The van der Waals surface area contributed by atoms with Crippen LogP contribution in [0.1, 0.15) is 21.7 Å². The van der Waals surface area contributed by atoms with Crippen LogP contribution in [0, 0.1) is 13.8 Å². The summed E-state index contributed by atoms with van der Waals surface area (Å²) in [5.74, 6) is -0.617. The molecule has 20 heavy (non-hydrogen) atoms. The number of hydrogen-bond donors (Lipinski definition) is 2. The number of sulfonamides is 1. The molecule has 0 aliphatic carbocycles. The molecule has 8 nitrogen and oxygen atoms in total. The van der Waals surface area contributed by atoms with Crippen LogP contribution in [-0.4, -0.2) is 36.7 Å². The molecule has 0 saturated carbocycles. The molecule has 0 unspecified atom stereocenters. The van der Waals surface area contributed by atoms with Gasteiger partial charge < -0.3 is 4.74 Å². The van der Waals surface area contributed by atoms with E-state index in [0.29, 0.717) is 5.56 Å². The summed E-state index contributed by atoms with van der Waals surface area (Å²) in [6.45, 7) is 3.50. The van der Waals surface area contributed by atoms with Gasteiger partial charge in [0, 0.05) is 11.3 Å². The zero-order valence-corrected chi connectivity index (χ0v) is 12.6. The first-order valence-corrected chi connectivity index (χ1v) is 7.79. The number of esters is 1. The van der Waals surface area contributed by atoms with Crippen molar-refractivity contribution in [1.82, 2.24) is 15.2 Å². The van der Waals surface area contributed by atoms with Crippen molar-refractivity contribution in [2.45, 2.75) is 18.1 Å². The number of aromatic nitrogens is 3. The Kier molecular flexibility index (Phi) is 3.77. The maximum absolute atomic E-state index is 12.3. The number of aromatic amines is 1. The van der Waals surface area contributed by atoms with E-state index in [1.807, 2.05) is 0 Å². The summed E-state index contributed by atoms with van der Waals surface area (Å²) in [5.41, 5.74) is 2.46. The third-order valence-corrected chi connectivity index (χ3v) is 5.35. The highest BCUT2D eigenvalue weighted by atomic mass is 32.2. The van der Waals surface area contributed by atoms with E-state index in [4.69, 9.17) is 0 Å². The Balaban J connectivity index is 2.39. The Bertz CT molecular complexity index is 747. The standard InChI is InChI=1S/C10H12N4O4S2/c1-5-6(2)12-13-8(5)14-20(16,17)10-7(9(15)18-3)11-4-19-10/h4H,1-3H3,(H2,12,13,14). The van der Waals surface area contributed by atoms with Gasteiger partial charge in [0.05, 0.1) is 12.6 Å². The Morgan fingerprint density at radius 3 is 2.70 bits per heavy atom. The number of nitrogens with one attached hydrogen (secondary N) is 2. The monoisotopic (exact) mass is 316 g/mol. The summed E-state index contributed by atoms with van der Waals surface area (Å²) in [6, 6.07) is 0. The minimum absolute atomic E-state index is 0.187. The lowest BCUT2D eigenvalue weighted by atomic mass is 10.3. The molecular weight excluding hydrogens is 304 g/mol. The number of hydrogen-bond acceptors (Lipinski definition) is 7. The maximum Gasteiger partial charge on any atom is 0.358 e. The van der Waals surface area contributed by atoms with E-state index in [-0.39, 0.29) is 15.7 Å². The van der Waals surface area contributed by atoms with Gasteiger partial charge in [-0.05, 0) is 13.8 Å². The van der Waals surface area contributed by atoms with E-state index in [9.17, 15) is 13.2 Å². The normalized spacial score (nSPS) is 11.3. The number of carbonyl (C=O) groups is 1. The highest BCUT2D eigenvalue weighted by Crippen LogP contribution is 2.24. The molecule has 2 N–H and O–H groups in total. The molecule has 0 amide bonds. The van der Waals surface area contributed by atoms with Gasteiger partial charge in [-0.15, -0.1) is 11.3 Å². The summed E-state index contributed by atoms with van der Waals surface area (Å²) in [5, 5.41) is 6.53. The van der Waals surface area contributed by atoms with Crippen molar-refractivity contribution in [3.05, 3.63) is 22.5 Å². The zero-order chi connectivity index (χ0) is 14.9. The van der Waals surface area contributed by atoms with E-state index in [1.54, 1.807) is 13.8 Å². The topological polar surface area (TPSA) is 114 Å². The predicted octanol–water partition coefficient (Wildman–Crippen LogP) is 1.07. The second-order valence-electron chi connectivity index (χ2n) is 3.91. The lowest BCUT2D eigenvalue weighted by molar-refractivity contribution is 0.0590. The molecule has 0 aliphatic rings. The van der Waals surface area contributed by atoms with Crippen LogP contribution in [0.5, 0.6) is 0 Å². The Morgan fingerprint density at radius 1 is 1.45 bits per heavy atom. The van der Waals surface area contributed by atoms with Crippen molar-refractivity contribution in [1.29, 1.82) is 0 Å². The molecule has 2 rings (SSSR count). The van der Waals surface area contributed by atoms with Crippen molar-refractivity contribution < 1.29 is 17.9 Å². The minimum atomic E-state index is -3.94. The molecule has 0 spiro atoms. The van der Waals surface area contributed by atoms with Gasteiger partial charge in [0.2, 0.25) is 0 Å². The first-order valence-electron chi connectivity index (χ1n) is 5.43. The summed E-state index contributed by atoms with van der Waals surface area (Å²) in [6.07, 6.45) is 0. The quantitative estimate of drug-likeness (QED) is 0.816. The summed E-state index contributed by atoms with van der Waals surface area (Å²) < 4.78 is 31.1. The average Bonchev–Trinajstić information content (AvgIpc) is 3.00. The molecule has 0 radical (unpaired) electrons. The third-order valence-electron chi connectivity index (χ3n) is 2.64. The van der Waals surface area contributed by atoms with Crippen LogP contribution >= 0.6 is 11.3 Å². The van der Waals surface area contributed by atoms with Gasteiger partial charge in [-0.1, -0.05) is 0 Å². The van der Waals surface area contributed by atoms with Crippen LogP contribution in [0.15, 0.2) is 9.72 Å². The molecule has 0 fully saturated rings. The largest absolute Gasteiger partial charge is 0.464 e. The highest BCUT2D eigenvalue weighted by molar-refractivity contribution is 7.94. The fraction of sp³-hybridized carbons (Fsp3) is 0.300. The second-order valence-corrected chi connectivity index (χ2v) is 6.64. The number of rotatable bonds is 4. The van der Waals surface area contributed by atoms with Crippen LogP contribution < -0.4 is 4.72 Å². The summed E-state index contributed by atoms with van der Waals surface area (Å²) in [4.78, 5) is 15.2. The van der Waals surface area contributed by atoms with Gasteiger partial charge in [-0.3, -0.25) is 9.82 Å². The van der Waals surface area contributed by atoms with Crippen molar-refractivity contribution in [2.24, 2.45) is 0 Å². The smallest absolute Gasteiger partial charge is 0.358 e. The fourth-order valence-corrected chi connectivity index (χ4v) is 3.62. The van der Waals surface area contributed by atoms with Crippen molar-refractivity contribution in [3.63, 3.8) is 0 Å². The molecule has 2 aromatic rings. The Morgan fingerprint density at radius 2 is 2.15 bits per heavy atom. The lowest BCUT2D eigenvalue weighted by Gasteiger charge is -2.05. The molecule has 0 atom stereocenters. The molecule has 0 aromatic carbocycles. The van der Waals surface area contributed by atoms with Gasteiger partial charge in [-0.2, -0.15) is 5.10 Å². The molecule has 0 aliphatic heterocycles. The molecular formula is C10H12N4O4S2. The summed E-state index contributed by atoms with van der Waals surface area (Å²) in [7, 11) is -2.78. The van der Waals surface area contributed by atoms with Gasteiger partial charge in [-0.25, -0.2) is 18.2 Å². The van der Waals surface area contributed by atoms with Gasteiger partial charge >= 0.3 is 5.97 Å². The number of anilines is 1. The third kappa shape index (κ3) is 2.51. The minimum Gasteiger partial charge on any atom is -0.464 e. The Labute approximate surface area is 119 Å². The zero-order valence-electron chi connectivity index (χ0n) is 10.9. The molecule has 2 heterocycles. The lowest BCUT2D eigenvalue weighted by Crippen LogP contribution is -2.16. The number of carbonyl (C=O) groups excluding carboxylic acids is 1. The molecule has 2 aromatic heterocycles. The maximum atomic E-state index is 12.3. The van der Waals surface area contributed by atoms with Gasteiger partial charge in [0.25, 0.3) is 10.0 Å². The number of thiazole rings is 1. The van der Waals surface area contributed by atoms with E-state index < -0.39 is 16.0 Å². The van der Waals surface area contributed by atoms with Crippen LogP contribution in [0.25, 0.3) is 0 Å². The van der Waals surface area contributed by atoms with Crippen LogP contribution in [0.4, 0.5) is 5.82 Å². The van der Waals surface area contributed by atoms with E-state index in [1.165, 1.54) is 5.51 Å². The number of methoxy groups -OCH3 is 1. The van der Waals surface area contributed by atoms with Crippen LogP contribution in [-0.2, 0) is 14.8 Å². The first-order chi connectivity index (χ1) is 9.36. The first kappa shape index (κ1) is 14.5. The molecule has 10 heteroatoms. The van der Waals surface area contributed by atoms with Gasteiger partial charge in [0.15, 0.2) is 15.7 Å². The second kappa shape index (κ2) is 5.21. The van der Waals surface area contributed by atoms with Gasteiger partial charge in [0.1, 0.15) is 0 Å². The average molecular weight is 316 g/mol. The van der Waals surface area contributed by atoms with Crippen LogP contribution in [0.2, 0.25) is 0 Å². The Hall–Kier alpha value is -1.94. The SMILES string of the molecule is COC(=O)c1ncsc1S(=O)(=O)Nc1n[nH]c(C)c1C. The van der Waals surface area contributed by atoms with Crippen molar-refractivity contribution >= 4 is 33.1 Å². The van der Waals surface area contributed by atoms with E-state index in [2.05, 4.69) is 24.6 Å². The highest BCUT2D eigenvalue weighted by Gasteiger charge is 2.27. The number of aryl methyl sites for hydroxylation is 1. The predicted molar refractivity (Wildman–Crippen MR) is 72.3 cm³/mol. The molecule has 0 saturated heterocycles. The molecule has 108 valence electrons. The van der Waals surface area contributed by atoms with Crippen molar-refractivity contribution in [2.75, 3.05) is 11.8 Å². The van der Waals surface area contributed by atoms with E-state index >= 15 is 0 Å². The van der Waals surface area contributed by atoms with Crippen molar-refractivity contribution in [3.8, 4) is 0 Å².